The van der Waals surface area contributed by atoms with Crippen LogP contribution in [0.2, 0.25) is 0 Å². The number of hydrogen-bond acceptors (Lipinski definition) is 10. The van der Waals surface area contributed by atoms with Gasteiger partial charge in [0.25, 0.3) is 0 Å². The Labute approximate surface area is 384 Å². The van der Waals surface area contributed by atoms with E-state index >= 15 is 0 Å². The lowest BCUT2D eigenvalue weighted by molar-refractivity contribution is -0.220. The summed E-state index contributed by atoms with van der Waals surface area (Å²) < 4.78 is 22.9. The van der Waals surface area contributed by atoms with E-state index in [1.807, 2.05) is 6.08 Å². The van der Waals surface area contributed by atoms with Crippen molar-refractivity contribution in [2.24, 2.45) is 0 Å². The molecular weight excluding hydrogens is 822 g/mol. The van der Waals surface area contributed by atoms with Crippen LogP contribution in [0, 0.1) is 0 Å². The van der Waals surface area contributed by atoms with Crippen molar-refractivity contribution in [2.45, 2.75) is 294 Å². The van der Waals surface area contributed by atoms with Crippen LogP contribution in [0.3, 0.4) is 0 Å². The molecule has 1 saturated carbocycles. The maximum Gasteiger partial charge on any atom is 0.472 e. The van der Waals surface area contributed by atoms with Crippen molar-refractivity contribution in [3.63, 3.8) is 0 Å². The lowest BCUT2D eigenvalue weighted by Crippen LogP contribution is -2.64. The Hall–Kier alpha value is -0.920. The number of unbranched alkanes of at least 4 members (excludes halogenated alkanes) is 33. The summed E-state index contributed by atoms with van der Waals surface area (Å²) in [7, 11) is -5.07. The first-order valence-electron chi connectivity index (χ1n) is 26.1. The predicted octanol–water partition coefficient (Wildman–Crippen LogP) is 10.8. The van der Waals surface area contributed by atoms with Crippen molar-refractivity contribution in [1.82, 2.24) is 5.32 Å². The van der Waals surface area contributed by atoms with E-state index in [0.717, 1.165) is 44.9 Å². The van der Waals surface area contributed by atoms with E-state index in [2.05, 4.69) is 19.2 Å². The average Bonchev–Trinajstić information content (AvgIpc) is 3.27. The summed E-state index contributed by atoms with van der Waals surface area (Å²) in [6.45, 7) is 3.83. The number of phosphoric ester groups is 1. The summed E-state index contributed by atoms with van der Waals surface area (Å²) in [5.74, 6) is -0.337. The largest absolute Gasteiger partial charge is 0.472 e. The number of allylic oxidation sites excluding steroid dienone is 1. The smallest absolute Gasteiger partial charge is 0.387 e. The average molecular weight is 920 g/mol. The van der Waals surface area contributed by atoms with Crippen LogP contribution in [0.1, 0.15) is 245 Å². The molecule has 8 N–H and O–H groups in total. The minimum absolute atomic E-state index is 0.219. The molecule has 1 aliphatic carbocycles. The van der Waals surface area contributed by atoms with Crippen LogP contribution in [-0.4, -0.2) is 96.8 Å². The van der Waals surface area contributed by atoms with Gasteiger partial charge in [0.15, 0.2) is 0 Å². The molecule has 0 aromatic rings. The van der Waals surface area contributed by atoms with Gasteiger partial charge in [-0.15, -0.1) is 0 Å². The number of hydrogen-bond donors (Lipinski definition) is 8. The Bertz CT molecular complexity index is 1120. The van der Waals surface area contributed by atoms with Crippen LogP contribution in [0.5, 0.6) is 0 Å². The molecule has 0 aromatic heterocycles. The molecule has 0 radical (unpaired) electrons. The molecule has 12 nitrogen and oxygen atoms in total. The molecule has 1 fully saturated rings. The zero-order valence-electron chi connectivity index (χ0n) is 40.1. The molecule has 374 valence electrons. The second-order valence-electron chi connectivity index (χ2n) is 18.7. The molecule has 63 heavy (non-hydrogen) atoms. The van der Waals surface area contributed by atoms with Gasteiger partial charge in [-0.3, -0.25) is 13.8 Å². The summed E-state index contributed by atoms with van der Waals surface area (Å²) >= 11 is 0. The molecule has 1 amide bonds. The molecular formula is C50H98NO11P. The fourth-order valence-electron chi connectivity index (χ4n) is 8.55. The van der Waals surface area contributed by atoms with Crippen molar-refractivity contribution in [3.05, 3.63) is 12.2 Å². The van der Waals surface area contributed by atoms with E-state index in [1.54, 1.807) is 0 Å². The highest BCUT2D eigenvalue weighted by molar-refractivity contribution is 7.47. The maximum atomic E-state index is 13.0. The van der Waals surface area contributed by atoms with Gasteiger partial charge in [-0.25, -0.2) is 4.57 Å². The second-order valence-corrected chi connectivity index (χ2v) is 20.1. The van der Waals surface area contributed by atoms with Gasteiger partial charge >= 0.3 is 7.82 Å². The molecule has 9 atom stereocenters. The van der Waals surface area contributed by atoms with Gasteiger partial charge in [-0.2, -0.15) is 0 Å². The number of amides is 1. The number of rotatable bonds is 44. The van der Waals surface area contributed by atoms with Crippen molar-refractivity contribution in [2.75, 3.05) is 6.61 Å². The summed E-state index contributed by atoms with van der Waals surface area (Å²) in [6, 6.07) is -1.11. The van der Waals surface area contributed by atoms with Crippen molar-refractivity contribution in [1.29, 1.82) is 0 Å². The molecule has 0 heterocycles. The van der Waals surface area contributed by atoms with Crippen molar-refractivity contribution >= 4 is 13.7 Å². The lowest BCUT2D eigenvalue weighted by atomic mass is 9.85. The quantitative estimate of drug-likeness (QED) is 0.0164. The van der Waals surface area contributed by atoms with Gasteiger partial charge in [-0.1, -0.05) is 231 Å². The topological polar surface area (TPSA) is 206 Å². The van der Waals surface area contributed by atoms with E-state index in [0.29, 0.717) is 6.42 Å². The number of aliphatic hydroxyl groups is 6. The van der Waals surface area contributed by atoms with Crippen LogP contribution in [0.4, 0.5) is 0 Å². The van der Waals surface area contributed by atoms with Gasteiger partial charge in [0.2, 0.25) is 5.91 Å². The predicted molar refractivity (Wildman–Crippen MR) is 255 cm³/mol. The number of nitrogens with one attached hydrogen (secondary N) is 1. The molecule has 1 aliphatic rings. The zero-order valence-corrected chi connectivity index (χ0v) is 41.0. The standard InChI is InChI=1S/C50H98NO11P/c1-3-5-7-9-11-13-15-16-17-18-19-20-21-22-23-24-25-26-27-28-29-30-32-34-36-38-40-44(53)51-42(43(52)39-37-35-33-31-14-12-10-8-6-4-2)41-61-63(59,60)62-50-48(57)46(55)45(54)47(56)49(50)58/h37,39,42-43,45-50,52,54-58H,3-36,38,40-41H2,1-2H3,(H,51,53)(H,59,60)/b39-37+/t42-,43+,45?,46+,47?,48?,49?,50?/m0/s1. The SMILES string of the molecule is CCCCCCCCCC/C=C/[C@@H](O)[C@H](COP(=O)(O)OC1C(O)C(O)C(O)[C@@H](O)C1O)NC(=O)CCCCCCCCCCCCCCCCCCCCCCCCCCCC. The lowest BCUT2D eigenvalue weighted by Gasteiger charge is -2.41. The Balaban J connectivity index is 2.28. The summed E-state index contributed by atoms with van der Waals surface area (Å²) in [4.78, 5) is 23.4. The molecule has 0 aliphatic heterocycles. The minimum Gasteiger partial charge on any atom is -0.387 e. The van der Waals surface area contributed by atoms with E-state index in [1.165, 1.54) is 179 Å². The Morgan fingerprint density at radius 3 is 1.21 bits per heavy atom. The fraction of sp³-hybridized carbons (Fsp3) is 0.940. The highest BCUT2D eigenvalue weighted by Gasteiger charge is 2.51. The third-order valence-corrected chi connectivity index (χ3v) is 13.8. The molecule has 13 heteroatoms. The molecule has 0 bridgehead atoms. The van der Waals surface area contributed by atoms with Crippen molar-refractivity contribution < 1.29 is 53.9 Å². The number of carbonyl (C=O) groups excluding carboxylic acids is 1. The summed E-state index contributed by atoms with van der Waals surface area (Å²) in [6.07, 6.45) is 34.6. The molecule has 1 rings (SSSR count). The zero-order chi connectivity index (χ0) is 46.4. The Morgan fingerprint density at radius 1 is 0.524 bits per heavy atom. The summed E-state index contributed by atoms with van der Waals surface area (Å²) in [5.41, 5.74) is 0. The first-order valence-corrected chi connectivity index (χ1v) is 27.6. The van der Waals surface area contributed by atoms with Crippen molar-refractivity contribution in [3.8, 4) is 0 Å². The van der Waals surface area contributed by atoms with Gasteiger partial charge in [0.05, 0.1) is 18.8 Å². The normalized spacial score (nSPS) is 22.4. The van der Waals surface area contributed by atoms with E-state index in [4.69, 9.17) is 9.05 Å². The third-order valence-electron chi connectivity index (χ3n) is 12.8. The van der Waals surface area contributed by atoms with Gasteiger partial charge in [0, 0.05) is 6.42 Å². The third kappa shape index (κ3) is 31.6. The molecule has 0 spiro atoms. The highest BCUT2D eigenvalue weighted by atomic mass is 31.2. The van der Waals surface area contributed by atoms with E-state index in [-0.39, 0.29) is 12.3 Å². The van der Waals surface area contributed by atoms with Crippen LogP contribution in [0.15, 0.2) is 12.2 Å². The molecule has 0 saturated heterocycles. The van der Waals surface area contributed by atoms with E-state index < -0.39 is 63.2 Å². The highest BCUT2D eigenvalue weighted by Crippen LogP contribution is 2.47. The summed E-state index contributed by atoms with van der Waals surface area (Å²) in [5, 5.41) is 64.0. The van der Waals surface area contributed by atoms with Crippen LogP contribution >= 0.6 is 7.82 Å². The second kappa shape index (κ2) is 40.2. The minimum atomic E-state index is -5.07. The molecule has 0 aromatic carbocycles. The van der Waals surface area contributed by atoms with Gasteiger partial charge < -0.3 is 40.8 Å². The fourth-order valence-corrected chi connectivity index (χ4v) is 9.52. The number of aliphatic hydroxyl groups excluding tert-OH is 6. The first kappa shape index (κ1) is 60.1. The maximum absolute atomic E-state index is 13.0. The Morgan fingerprint density at radius 2 is 0.841 bits per heavy atom. The number of phosphoric acid groups is 1. The van der Waals surface area contributed by atoms with Crippen LogP contribution < -0.4 is 5.32 Å². The first-order chi connectivity index (χ1) is 30.4. The van der Waals surface area contributed by atoms with E-state index in [9.17, 15) is 44.9 Å². The van der Waals surface area contributed by atoms with Gasteiger partial charge in [-0.05, 0) is 19.3 Å². The molecule has 6 unspecified atom stereocenters. The number of carbonyl (C=O) groups is 1. The van der Waals surface area contributed by atoms with Crippen LogP contribution in [-0.2, 0) is 18.4 Å². The van der Waals surface area contributed by atoms with Crippen LogP contribution in [0.25, 0.3) is 0 Å². The van der Waals surface area contributed by atoms with Gasteiger partial charge in [0.1, 0.15) is 36.6 Å². The monoisotopic (exact) mass is 920 g/mol. The Kier molecular flexibility index (Phi) is 38.3.